The van der Waals surface area contributed by atoms with Crippen LogP contribution in [0.5, 0.6) is 0 Å². The highest BCUT2D eigenvalue weighted by atomic mass is 16.5. The summed E-state index contributed by atoms with van der Waals surface area (Å²) >= 11 is 0. The molecule has 116 valence electrons. The Bertz CT molecular complexity index is 186. The molecule has 0 radical (unpaired) electrons. The zero-order valence-electron chi connectivity index (χ0n) is 13.4. The van der Waals surface area contributed by atoms with Crippen LogP contribution in [0.2, 0.25) is 0 Å². The molecule has 0 bridgehead atoms. The number of hydrogen-bond donors (Lipinski definition) is 1. The summed E-state index contributed by atoms with van der Waals surface area (Å²) in [5.74, 6) is 1.20. The van der Waals surface area contributed by atoms with Gasteiger partial charge in [-0.3, -0.25) is 0 Å². The molecule has 0 amide bonds. The largest absolute Gasteiger partial charge is 0.385 e. The van der Waals surface area contributed by atoms with Crippen LogP contribution in [0, 0.1) is 11.8 Å². The maximum Gasteiger partial charge on any atom is 0.0723 e. The molecule has 0 aromatic carbocycles. The first-order chi connectivity index (χ1) is 9.07. The first-order valence-corrected chi connectivity index (χ1v) is 7.46. The second-order valence-corrected chi connectivity index (χ2v) is 5.66. The minimum absolute atomic E-state index is 0.265. The molecule has 0 saturated carbocycles. The Kier molecular flexibility index (Phi) is 12.7. The predicted octanol–water partition coefficient (Wildman–Crippen LogP) is 2.33. The molecular weight excluding hydrogens is 242 g/mol. The van der Waals surface area contributed by atoms with Crippen LogP contribution in [0.4, 0.5) is 0 Å². The molecule has 0 aromatic heterocycles. The van der Waals surface area contributed by atoms with E-state index >= 15 is 0 Å². The van der Waals surface area contributed by atoms with Crippen molar-refractivity contribution in [3.63, 3.8) is 0 Å². The smallest absolute Gasteiger partial charge is 0.0723 e. The van der Waals surface area contributed by atoms with Gasteiger partial charge in [-0.05, 0) is 24.8 Å². The lowest BCUT2D eigenvalue weighted by Gasteiger charge is -2.22. The third kappa shape index (κ3) is 12.6. The van der Waals surface area contributed by atoms with Crippen molar-refractivity contribution in [2.45, 2.75) is 40.2 Å². The quantitative estimate of drug-likeness (QED) is 0.524. The number of hydrogen-bond acceptors (Lipinski definition) is 4. The Balaban J connectivity index is 3.54. The van der Waals surface area contributed by atoms with Crippen molar-refractivity contribution in [1.82, 2.24) is 5.32 Å². The number of methoxy groups -OCH3 is 1. The molecule has 0 saturated heterocycles. The van der Waals surface area contributed by atoms with Crippen molar-refractivity contribution in [2.24, 2.45) is 11.8 Å². The van der Waals surface area contributed by atoms with Gasteiger partial charge in [-0.2, -0.15) is 0 Å². The van der Waals surface area contributed by atoms with Crippen LogP contribution in [0.25, 0.3) is 0 Å². The van der Waals surface area contributed by atoms with Crippen molar-refractivity contribution < 1.29 is 14.2 Å². The average molecular weight is 275 g/mol. The van der Waals surface area contributed by atoms with E-state index in [2.05, 4.69) is 33.0 Å². The molecule has 0 aliphatic rings. The molecule has 19 heavy (non-hydrogen) atoms. The summed E-state index contributed by atoms with van der Waals surface area (Å²) in [6.45, 7) is 13.6. The highest BCUT2D eigenvalue weighted by Gasteiger charge is 2.13. The molecule has 4 nitrogen and oxygen atoms in total. The van der Waals surface area contributed by atoms with Gasteiger partial charge in [0.2, 0.25) is 0 Å². The van der Waals surface area contributed by atoms with Gasteiger partial charge in [0.05, 0.1) is 19.3 Å². The Hall–Kier alpha value is -0.160. The summed E-state index contributed by atoms with van der Waals surface area (Å²) in [5, 5.41) is 3.45. The van der Waals surface area contributed by atoms with Gasteiger partial charge in [0.25, 0.3) is 0 Å². The van der Waals surface area contributed by atoms with Crippen molar-refractivity contribution in [1.29, 1.82) is 0 Å². The molecule has 0 rings (SSSR count). The number of rotatable bonds is 13. The summed E-state index contributed by atoms with van der Waals surface area (Å²) in [5.41, 5.74) is 0. The van der Waals surface area contributed by atoms with Crippen LogP contribution in [0.15, 0.2) is 0 Å². The van der Waals surface area contributed by atoms with Gasteiger partial charge in [-0.1, -0.05) is 27.7 Å². The van der Waals surface area contributed by atoms with Gasteiger partial charge < -0.3 is 19.5 Å². The molecule has 0 aliphatic heterocycles. The number of nitrogens with one attached hydrogen (secondary N) is 1. The van der Waals surface area contributed by atoms with Crippen LogP contribution in [0.1, 0.15) is 34.1 Å². The number of ether oxygens (including phenoxy) is 3. The summed E-state index contributed by atoms with van der Waals surface area (Å²) in [4.78, 5) is 0. The van der Waals surface area contributed by atoms with Crippen LogP contribution in [0.3, 0.4) is 0 Å². The highest BCUT2D eigenvalue weighted by Crippen LogP contribution is 2.05. The van der Waals surface area contributed by atoms with E-state index in [0.717, 1.165) is 32.7 Å². The normalized spacial score (nSPS) is 13.4. The molecule has 1 N–H and O–H groups in total. The van der Waals surface area contributed by atoms with E-state index in [4.69, 9.17) is 14.2 Å². The molecule has 0 fully saturated rings. The molecule has 1 atom stereocenters. The molecule has 1 unspecified atom stereocenters. The summed E-state index contributed by atoms with van der Waals surface area (Å²) < 4.78 is 16.3. The topological polar surface area (TPSA) is 39.7 Å². The van der Waals surface area contributed by atoms with E-state index in [1.54, 1.807) is 7.11 Å². The van der Waals surface area contributed by atoms with Crippen LogP contribution < -0.4 is 5.32 Å². The lowest BCUT2D eigenvalue weighted by atomic mass is 10.1. The molecule has 0 spiro atoms. The van der Waals surface area contributed by atoms with E-state index in [1.165, 1.54) is 0 Å². The second-order valence-electron chi connectivity index (χ2n) is 5.66. The van der Waals surface area contributed by atoms with Gasteiger partial charge in [0.1, 0.15) is 0 Å². The lowest BCUT2D eigenvalue weighted by Crippen LogP contribution is -2.35. The first-order valence-electron chi connectivity index (χ1n) is 7.46. The summed E-state index contributed by atoms with van der Waals surface area (Å²) in [6, 6.07) is 0. The van der Waals surface area contributed by atoms with E-state index in [0.29, 0.717) is 25.0 Å². The molecular formula is C15H33NO3. The predicted molar refractivity (Wildman–Crippen MR) is 79.6 cm³/mol. The fourth-order valence-corrected chi connectivity index (χ4v) is 1.67. The van der Waals surface area contributed by atoms with E-state index in [9.17, 15) is 0 Å². The zero-order valence-corrected chi connectivity index (χ0v) is 13.4. The monoisotopic (exact) mass is 275 g/mol. The minimum atomic E-state index is 0.265. The Morgan fingerprint density at radius 1 is 0.895 bits per heavy atom. The van der Waals surface area contributed by atoms with Crippen molar-refractivity contribution in [3.8, 4) is 0 Å². The van der Waals surface area contributed by atoms with Gasteiger partial charge in [-0.25, -0.2) is 0 Å². The SMILES string of the molecule is COCCCOCCOC(CNCC(C)C)C(C)C. The molecule has 0 aromatic rings. The van der Waals surface area contributed by atoms with Crippen molar-refractivity contribution in [3.05, 3.63) is 0 Å². The lowest BCUT2D eigenvalue weighted by molar-refractivity contribution is -0.0164. The summed E-state index contributed by atoms with van der Waals surface area (Å²) in [7, 11) is 1.71. The summed E-state index contributed by atoms with van der Waals surface area (Å²) in [6.07, 6.45) is 1.21. The van der Waals surface area contributed by atoms with Crippen LogP contribution >= 0.6 is 0 Å². The maximum atomic E-state index is 5.87. The maximum absolute atomic E-state index is 5.87. The van der Waals surface area contributed by atoms with Gasteiger partial charge in [0, 0.05) is 26.9 Å². The van der Waals surface area contributed by atoms with Crippen LogP contribution in [-0.4, -0.2) is 52.7 Å². The Labute approximate surface area is 119 Å². The third-order valence-electron chi connectivity index (χ3n) is 2.84. The van der Waals surface area contributed by atoms with Gasteiger partial charge in [0.15, 0.2) is 0 Å². The van der Waals surface area contributed by atoms with E-state index in [-0.39, 0.29) is 6.10 Å². The van der Waals surface area contributed by atoms with Gasteiger partial charge >= 0.3 is 0 Å². The minimum Gasteiger partial charge on any atom is -0.385 e. The van der Waals surface area contributed by atoms with Crippen molar-refractivity contribution in [2.75, 3.05) is 46.6 Å². The fraction of sp³-hybridized carbons (Fsp3) is 1.00. The molecule has 0 heterocycles. The highest BCUT2D eigenvalue weighted by molar-refractivity contribution is 4.66. The fourth-order valence-electron chi connectivity index (χ4n) is 1.67. The molecule has 0 aliphatic carbocycles. The zero-order chi connectivity index (χ0) is 14.5. The van der Waals surface area contributed by atoms with Gasteiger partial charge in [-0.15, -0.1) is 0 Å². The van der Waals surface area contributed by atoms with Crippen molar-refractivity contribution >= 4 is 0 Å². The standard InChI is InChI=1S/C15H33NO3/c1-13(2)11-16-12-15(14(3)4)19-10-9-18-8-6-7-17-5/h13-16H,6-12H2,1-5H3. The average Bonchev–Trinajstić information content (AvgIpc) is 2.34. The first kappa shape index (κ1) is 18.8. The van der Waals surface area contributed by atoms with Crippen LogP contribution in [-0.2, 0) is 14.2 Å². The van der Waals surface area contributed by atoms with E-state index < -0.39 is 0 Å². The Morgan fingerprint density at radius 2 is 1.63 bits per heavy atom. The third-order valence-corrected chi connectivity index (χ3v) is 2.84. The molecule has 4 heteroatoms. The van der Waals surface area contributed by atoms with E-state index in [1.807, 2.05) is 0 Å². The Morgan fingerprint density at radius 3 is 2.21 bits per heavy atom. The second kappa shape index (κ2) is 12.9.